The largest absolute Gasteiger partial charge is 0.507 e. The molecule has 1 aliphatic heterocycles. The number of aliphatic hydroxyl groups excluding tert-OH is 1. The quantitative estimate of drug-likeness (QED) is 0.359. The second kappa shape index (κ2) is 9.95. The number of benzene rings is 2. The molecule has 1 saturated heterocycles. The van der Waals surface area contributed by atoms with Crippen LogP contribution >= 0.6 is 0 Å². The number of aromatic hydroxyl groups is 1. The first-order valence-electron chi connectivity index (χ1n) is 10.6. The van der Waals surface area contributed by atoms with Gasteiger partial charge < -0.3 is 29.5 Å². The third kappa shape index (κ3) is 4.80. The molecule has 2 N–H and O–H groups in total. The average Bonchev–Trinajstić information content (AvgIpc) is 3.03. The first-order chi connectivity index (χ1) is 15.7. The van der Waals surface area contributed by atoms with Crippen molar-refractivity contribution in [3.63, 3.8) is 0 Å². The number of carbonyl (C=O) groups excluding carboxylic acids is 2. The fourth-order valence-electron chi connectivity index (χ4n) is 4.05. The molecule has 1 heterocycles. The Kier molecular flexibility index (Phi) is 7.28. The number of methoxy groups -OCH3 is 2. The fraction of sp³-hybridized carbons (Fsp3) is 0.360. The van der Waals surface area contributed by atoms with E-state index >= 15 is 0 Å². The molecule has 1 aliphatic rings. The second-order valence-electron chi connectivity index (χ2n) is 8.26. The highest BCUT2D eigenvalue weighted by Crippen LogP contribution is 2.42. The number of aryl methyl sites for hydroxylation is 1. The molecule has 1 atom stereocenters. The zero-order chi connectivity index (χ0) is 24.3. The van der Waals surface area contributed by atoms with Gasteiger partial charge in [0.15, 0.2) is 11.5 Å². The number of ether oxygens (including phenoxy) is 2. The van der Waals surface area contributed by atoms with Crippen LogP contribution < -0.4 is 9.47 Å². The van der Waals surface area contributed by atoms with Crippen LogP contribution in [0, 0.1) is 6.92 Å². The van der Waals surface area contributed by atoms with E-state index in [1.54, 1.807) is 44.4 Å². The van der Waals surface area contributed by atoms with Gasteiger partial charge in [0.1, 0.15) is 11.5 Å². The van der Waals surface area contributed by atoms with Gasteiger partial charge in [-0.15, -0.1) is 0 Å². The van der Waals surface area contributed by atoms with Crippen molar-refractivity contribution in [1.29, 1.82) is 0 Å². The van der Waals surface area contributed by atoms with E-state index in [2.05, 4.69) is 0 Å². The summed E-state index contributed by atoms with van der Waals surface area (Å²) in [6.45, 7) is 2.85. The number of aliphatic hydroxyl groups is 1. The number of carbonyl (C=O) groups is 2. The number of amides is 1. The van der Waals surface area contributed by atoms with Crippen LogP contribution in [-0.2, 0) is 9.59 Å². The Bertz CT molecular complexity index is 1090. The highest BCUT2D eigenvalue weighted by molar-refractivity contribution is 6.46. The summed E-state index contributed by atoms with van der Waals surface area (Å²) in [4.78, 5) is 29.6. The average molecular weight is 455 g/mol. The van der Waals surface area contributed by atoms with E-state index < -0.39 is 17.7 Å². The number of likely N-dealkylation sites (tertiary alicyclic amines) is 1. The lowest BCUT2D eigenvalue weighted by atomic mass is 9.93. The molecule has 0 spiro atoms. The number of rotatable bonds is 8. The fourth-order valence-corrected chi connectivity index (χ4v) is 4.05. The monoisotopic (exact) mass is 454 g/mol. The first-order valence-corrected chi connectivity index (χ1v) is 10.6. The molecule has 33 heavy (non-hydrogen) atoms. The van der Waals surface area contributed by atoms with Gasteiger partial charge in [0.05, 0.1) is 25.8 Å². The topological polar surface area (TPSA) is 99.5 Å². The third-order valence-corrected chi connectivity index (χ3v) is 5.75. The predicted octanol–water partition coefficient (Wildman–Crippen LogP) is 3.09. The molecule has 176 valence electrons. The molecule has 0 saturated carbocycles. The normalized spacial score (nSPS) is 17.6. The highest BCUT2D eigenvalue weighted by atomic mass is 16.5. The van der Waals surface area contributed by atoms with Gasteiger partial charge >= 0.3 is 0 Å². The third-order valence-electron chi connectivity index (χ3n) is 5.75. The number of hydrogen-bond donors (Lipinski definition) is 2. The van der Waals surface area contributed by atoms with E-state index in [0.29, 0.717) is 35.4 Å². The lowest BCUT2D eigenvalue weighted by Gasteiger charge is -2.26. The summed E-state index contributed by atoms with van der Waals surface area (Å²) in [6, 6.07) is 8.95. The Morgan fingerprint density at radius 2 is 1.82 bits per heavy atom. The first kappa shape index (κ1) is 24.1. The van der Waals surface area contributed by atoms with Gasteiger partial charge in [-0.3, -0.25) is 9.59 Å². The van der Waals surface area contributed by atoms with Crippen molar-refractivity contribution in [2.45, 2.75) is 19.4 Å². The smallest absolute Gasteiger partial charge is 0.295 e. The van der Waals surface area contributed by atoms with E-state index in [0.717, 1.165) is 6.54 Å². The molecule has 0 radical (unpaired) electrons. The van der Waals surface area contributed by atoms with E-state index in [9.17, 15) is 19.8 Å². The van der Waals surface area contributed by atoms with Crippen molar-refractivity contribution >= 4 is 17.4 Å². The molecule has 2 aromatic rings. The van der Waals surface area contributed by atoms with Crippen molar-refractivity contribution in [3.8, 4) is 17.2 Å². The number of Topliss-reactive ketones (excluding diaryl/α,β-unsaturated/α-hetero) is 1. The van der Waals surface area contributed by atoms with Crippen molar-refractivity contribution in [2.75, 3.05) is 41.4 Å². The maximum atomic E-state index is 13.1. The molecular formula is C25H30N2O6. The minimum Gasteiger partial charge on any atom is -0.507 e. The number of phenolic OH excluding ortho intramolecular Hbond substituents is 1. The maximum Gasteiger partial charge on any atom is 0.295 e. The van der Waals surface area contributed by atoms with Crippen LogP contribution in [0.25, 0.3) is 5.76 Å². The van der Waals surface area contributed by atoms with Gasteiger partial charge in [0.25, 0.3) is 11.7 Å². The number of ketones is 1. The van der Waals surface area contributed by atoms with Gasteiger partial charge in [0.2, 0.25) is 0 Å². The Balaban J connectivity index is 2.16. The minimum atomic E-state index is -0.817. The molecule has 0 bridgehead atoms. The lowest BCUT2D eigenvalue weighted by molar-refractivity contribution is -0.139. The molecule has 0 aliphatic carbocycles. The lowest BCUT2D eigenvalue weighted by Crippen LogP contribution is -2.32. The number of hydrogen-bond acceptors (Lipinski definition) is 7. The Morgan fingerprint density at radius 1 is 1.09 bits per heavy atom. The van der Waals surface area contributed by atoms with Crippen molar-refractivity contribution < 1.29 is 29.3 Å². The summed E-state index contributed by atoms with van der Waals surface area (Å²) in [5, 5.41) is 21.3. The van der Waals surface area contributed by atoms with E-state index in [1.165, 1.54) is 18.1 Å². The molecule has 1 amide bonds. The SMILES string of the molecule is COc1ccc(/C(O)=C2\C(=O)C(=O)N(CCCN(C)C)[C@@H]2c2ccc(O)c(OC)c2)c(C)c1. The van der Waals surface area contributed by atoms with Gasteiger partial charge in [0, 0.05) is 12.1 Å². The summed E-state index contributed by atoms with van der Waals surface area (Å²) < 4.78 is 10.5. The minimum absolute atomic E-state index is 0.00543. The second-order valence-corrected chi connectivity index (χ2v) is 8.26. The maximum absolute atomic E-state index is 13.1. The molecule has 8 heteroatoms. The van der Waals surface area contributed by atoms with Crippen LogP contribution in [0.2, 0.25) is 0 Å². The molecule has 0 unspecified atom stereocenters. The Labute approximate surface area is 193 Å². The van der Waals surface area contributed by atoms with Crippen LogP contribution in [0.1, 0.15) is 29.2 Å². The Morgan fingerprint density at radius 3 is 2.42 bits per heavy atom. The van der Waals surface area contributed by atoms with Gasteiger partial charge in [-0.2, -0.15) is 0 Å². The standard InChI is InChI=1S/C25H30N2O6/c1-15-13-17(32-4)8-9-18(15)23(29)21-22(16-7-10-19(28)20(14-16)33-5)27(25(31)24(21)30)12-6-11-26(2)3/h7-10,13-14,22,28-29H,6,11-12H2,1-5H3/b23-21+/t22-/m1/s1. The van der Waals surface area contributed by atoms with Crippen LogP contribution in [0.3, 0.4) is 0 Å². The number of phenols is 1. The van der Waals surface area contributed by atoms with Crippen LogP contribution in [-0.4, -0.2) is 73.1 Å². The Hall–Kier alpha value is -3.52. The van der Waals surface area contributed by atoms with Crippen LogP contribution in [0.15, 0.2) is 42.0 Å². The van der Waals surface area contributed by atoms with Crippen molar-refractivity contribution in [3.05, 3.63) is 58.7 Å². The number of nitrogens with zero attached hydrogens (tertiary/aromatic N) is 2. The molecule has 2 aromatic carbocycles. The van der Waals surface area contributed by atoms with Crippen molar-refractivity contribution in [2.24, 2.45) is 0 Å². The van der Waals surface area contributed by atoms with Crippen molar-refractivity contribution in [1.82, 2.24) is 9.80 Å². The van der Waals surface area contributed by atoms with Crippen LogP contribution in [0.4, 0.5) is 0 Å². The van der Waals surface area contributed by atoms with Gasteiger partial charge in [-0.05, 0) is 75.4 Å². The summed E-state index contributed by atoms with van der Waals surface area (Å²) >= 11 is 0. The summed E-state index contributed by atoms with van der Waals surface area (Å²) in [7, 11) is 6.84. The molecule has 3 rings (SSSR count). The molecule has 0 aromatic heterocycles. The van der Waals surface area contributed by atoms with Gasteiger partial charge in [-0.25, -0.2) is 0 Å². The van der Waals surface area contributed by atoms with E-state index in [4.69, 9.17) is 9.47 Å². The van der Waals surface area contributed by atoms with Gasteiger partial charge in [-0.1, -0.05) is 6.07 Å². The molecule has 8 nitrogen and oxygen atoms in total. The highest BCUT2D eigenvalue weighted by Gasteiger charge is 2.46. The zero-order valence-electron chi connectivity index (χ0n) is 19.6. The summed E-state index contributed by atoms with van der Waals surface area (Å²) in [6.07, 6.45) is 0.646. The summed E-state index contributed by atoms with van der Waals surface area (Å²) in [5.41, 5.74) is 1.71. The predicted molar refractivity (Wildman–Crippen MR) is 125 cm³/mol. The zero-order valence-corrected chi connectivity index (χ0v) is 19.6. The summed E-state index contributed by atoms with van der Waals surface area (Å²) in [5.74, 6) is -0.888. The van der Waals surface area contributed by atoms with Crippen LogP contribution in [0.5, 0.6) is 17.2 Å². The molecule has 1 fully saturated rings. The van der Waals surface area contributed by atoms with E-state index in [1.807, 2.05) is 19.0 Å². The molecular weight excluding hydrogens is 424 g/mol. The van der Waals surface area contributed by atoms with E-state index in [-0.39, 0.29) is 22.8 Å².